The average molecular weight is 472 g/mol. The molecule has 0 spiro atoms. The summed E-state index contributed by atoms with van der Waals surface area (Å²) in [6, 6.07) is 2.11. The van der Waals surface area contributed by atoms with Crippen molar-refractivity contribution >= 4 is 18.0 Å². The second-order valence-electron chi connectivity index (χ2n) is 9.51. The predicted octanol–water partition coefficient (Wildman–Crippen LogP) is 1.18. The van der Waals surface area contributed by atoms with Gasteiger partial charge in [-0.3, -0.25) is 9.59 Å². The Labute approximate surface area is 200 Å². The van der Waals surface area contributed by atoms with Crippen LogP contribution in [0.3, 0.4) is 0 Å². The van der Waals surface area contributed by atoms with Gasteiger partial charge in [0.2, 0.25) is 5.91 Å². The topological polar surface area (TPSA) is 107 Å². The van der Waals surface area contributed by atoms with E-state index >= 15 is 0 Å². The quantitative estimate of drug-likeness (QED) is 0.528. The van der Waals surface area contributed by atoms with Gasteiger partial charge in [0.1, 0.15) is 6.04 Å². The molecule has 1 aromatic rings. The molecule has 0 aliphatic carbocycles. The highest BCUT2D eigenvalue weighted by Gasteiger charge is 2.57. The van der Waals surface area contributed by atoms with Crippen LogP contribution in [0.4, 0.5) is 4.79 Å². The van der Waals surface area contributed by atoms with Gasteiger partial charge in [0.25, 0.3) is 5.56 Å². The second kappa shape index (κ2) is 10.7. The zero-order valence-electron chi connectivity index (χ0n) is 20.2. The van der Waals surface area contributed by atoms with Crippen molar-refractivity contribution in [1.29, 1.82) is 0 Å². The van der Waals surface area contributed by atoms with E-state index < -0.39 is 18.0 Å². The number of rotatable bonds is 8. The van der Waals surface area contributed by atoms with Gasteiger partial charge in [0.15, 0.2) is 0 Å². The molecule has 9 nitrogen and oxygen atoms in total. The summed E-state index contributed by atoms with van der Waals surface area (Å²) in [5.74, 6) is -0.896. The second-order valence-corrected chi connectivity index (χ2v) is 9.51. The fraction of sp³-hybridized carbons (Fsp3) is 0.640. The first-order valence-corrected chi connectivity index (χ1v) is 12.5. The highest BCUT2D eigenvalue weighted by molar-refractivity contribution is 5.88. The zero-order chi connectivity index (χ0) is 24.2. The van der Waals surface area contributed by atoms with Crippen molar-refractivity contribution in [2.45, 2.75) is 51.7 Å². The Bertz CT molecular complexity index is 984. The molecule has 4 rings (SSSR count). The van der Waals surface area contributed by atoms with Crippen molar-refractivity contribution < 1.29 is 14.7 Å². The molecule has 186 valence electrons. The van der Waals surface area contributed by atoms with Gasteiger partial charge in [-0.1, -0.05) is 19.1 Å². The summed E-state index contributed by atoms with van der Waals surface area (Å²) in [6.07, 6.45) is 6.74. The standard InChI is InChI=1S/C25H37N5O4/c1-3-7-17-8-9-20-21-18(15-29(20)24(17)33)19(16-31)22(30(21)25(34)27-10-4-2)23(32)26-11-14-28-12-5-6-13-28/h3,7-9,18-19,21-22,31H,4-6,10-16H2,1-2H3,(H,26,32)(H,27,34)/b7-3+/t18-,19-,21+,22-/m1/s1. The van der Waals surface area contributed by atoms with Gasteiger partial charge in [-0.25, -0.2) is 4.79 Å². The summed E-state index contributed by atoms with van der Waals surface area (Å²) in [5, 5.41) is 16.3. The number of likely N-dealkylation sites (tertiary alicyclic amines) is 2. The van der Waals surface area contributed by atoms with E-state index in [1.807, 2.05) is 26.0 Å². The van der Waals surface area contributed by atoms with E-state index in [9.17, 15) is 19.5 Å². The van der Waals surface area contributed by atoms with Gasteiger partial charge in [0.05, 0.1) is 6.04 Å². The molecule has 3 amide bonds. The van der Waals surface area contributed by atoms with Crippen molar-refractivity contribution in [3.63, 3.8) is 0 Å². The molecule has 34 heavy (non-hydrogen) atoms. The first kappa shape index (κ1) is 24.5. The number of fused-ring (bicyclic) bond motifs is 3. The van der Waals surface area contributed by atoms with Crippen LogP contribution in [-0.2, 0) is 11.3 Å². The van der Waals surface area contributed by atoms with Crippen LogP contribution in [0.25, 0.3) is 6.08 Å². The Balaban J connectivity index is 1.62. The molecule has 2 saturated heterocycles. The maximum Gasteiger partial charge on any atom is 0.318 e. The first-order valence-electron chi connectivity index (χ1n) is 12.5. The van der Waals surface area contributed by atoms with Crippen molar-refractivity contribution in [2.24, 2.45) is 11.8 Å². The minimum absolute atomic E-state index is 0.109. The SMILES string of the molecule is C/C=C/c1ccc2n(c1=O)C[C@@H]1[C@@H](CO)[C@H](C(=O)NCCN3CCCC3)N(C(=O)NCCC)[C@H]21. The summed E-state index contributed by atoms with van der Waals surface area (Å²) in [7, 11) is 0. The number of carbonyl (C=O) groups excluding carboxylic acids is 2. The third-order valence-electron chi connectivity index (χ3n) is 7.41. The minimum Gasteiger partial charge on any atom is -0.396 e. The van der Waals surface area contributed by atoms with Crippen molar-refractivity contribution in [2.75, 3.05) is 39.3 Å². The molecule has 4 atom stereocenters. The van der Waals surface area contributed by atoms with Gasteiger partial charge < -0.3 is 30.1 Å². The Hall–Kier alpha value is -2.65. The lowest BCUT2D eigenvalue weighted by molar-refractivity contribution is -0.126. The molecule has 2 fully saturated rings. The number of allylic oxidation sites excluding steroid dienone is 1. The van der Waals surface area contributed by atoms with Crippen LogP contribution < -0.4 is 16.2 Å². The molecule has 0 bridgehead atoms. The van der Waals surface area contributed by atoms with Crippen LogP contribution in [0.15, 0.2) is 23.0 Å². The Morgan fingerprint density at radius 2 is 1.94 bits per heavy atom. The van der Waals surface area contributed by atoms with E-state index in [1.54, 1.807) is 21.6 Å². The molecular formula is C25H37N5O4. The Morgan fingerprint density at radius 3 is 2.62 bits per heavy atom. The van der Waals surface area contributed by atoms with Crippen LogP contribution in [0.1, 0.15) is 50.4 Å². The summed E-state index contributed by atoms with van der Waals surface area (Å²) < 4.78 is 1.70. The van der Waals surface area contributed by atoms with E-state index in [0.717, 1.165) is 31.7 Å². The molecule has 0 unspecified atom stereocenters. The Kier molecular flexibility index (Phi) is 7.73. The molecule has 9 heteroatoms. The monoisotopic (exact) mass is 471 g/mol. The van der Waals surface area contributed by atoms with Crippen LogP contribution in [-0.4, -0.2) is 76.8 Å². The van der Waals surface area contributed by atoms with E-state index in [0.29, 0.717) is 25.2 Å². The summed E-state index contributed by atoms with van der Waals surface area (Å²) >= 11 is 0. The van der Waals surface area contributed by atoms with E-state index in [1.165, 1.54) is 12.8 Å². The Morgan fingerprint density at radius 1 is 1.18 bits per heavy atom. The highest BCUT2D eigenvalue weighted by atomic mass is 16.3. The van der Waals surface area contributed by atoms with Crippen LogP contribution in [0, 0.1) is 11.8 Å². The minimum atomic E-state index is -0.783. The molecule has 1 aromatic heterocycles. The number of hydrogen-bond acceptors (Lipinski definition) is 5. The lowest BCUT2D eigenvalue weighted by Gasteiger charge is -2.31. The number of aromatic nitrogens is 1. The van der Waals surface area contributed by atoms with E-state index in [2.05, 4.69) is 15.5 Å². The maximum atomic E-state index is 13.4. The molecular weight excluding hydrogens is 434 g/mol. The number of hydrogen-bond donors (Lipinski definition) is 3. The van der Waals surface area contributed by atoms with Crippen molar-refractivity contribution in [3.8, 4) is 0 Å². The average Bonchev–Trinajstić information content (AvgIpc) is 3.54. The van der Waals surface area contributed by atoms with Gasteiger partial charge in [0, 0.05) is 55.9 Å². The highest BCUT2D eigenvalue weighted by Crippen LogP contribution is 2.49. The van der Waals surface area contributed by atoms with Crippen LogP contribution in [0.2, 0.25) is 0 Å². The fourth-order valence-electron chi connectivity index (χ4n) is 5.80. The molecule has 0 radical (unpaired) electrons. The number of nitrogens with one attached hydrogen (secondary N) is 2. The van der Waals surface area contributed by atoms with E-state index in [-0.39, 0.29) is 30.0 Å². The predicted molar refractivity (Wildman–Crippen MR) is 130 cm³/mol. The molecule has 3 aliphatic heterocycles. The van der Waals surface area contributed by atoms with Gasteiger partial charge in [-0.05, 0) is 51.4 Å². The lowest BCUT2D eigenvalue weighted by Crippen LogP contribution is -2.53. The van der Waals surface area contributed by atoms with Crippen molar-refractivity contribution in [3.05, 3.63) is 39.8 Å². The van der Waals surface area contributed by atoms with E-state index in [4.69, 9.17) is 0 Å². The number of carbonyl (C=O) groups is 2. The summed E-state index contributed by atoms with van der Waals surface area (Å²) in [4.78, 5) is 43.7. The molecule has 3 N–H and O–H groups in total. The van der Waals surface area contributed by atoms with Gasteiger partial charge in [-0.15, -0.1) is 0 Å². The lowest BCUT2D eigenvalue weighted by atomic mass is 9.88. The van der Waals surface area contributed by atoms with Gasteiger partial charge >= 0.3 is 6.03 Å². The third kappa shape index (κ3) is 4.51. The smallest absolute Gasteiger partial charge is 0.318 e. The summed E-state index contributed by atoms with van der Waals surface area (Å²) in [6.45, 7) is 7.87. The molecule has 0 saturated carbocycles. The zero-order valence-corrected chi connectivity index (χ0v) is 20.2. The molecule has 3 aliphatic rings. The first-order chi connectivity index (χ1) is 16.5. The maximum absolute atomic E-state index is 13.4. The summed E-state index contributed by atoms with van der Waals surface area (Å²) in [5.41, 5.74) is 1.20. The van der Waals surface area contributed by atoms with Crippen LogP contribution >= 0.6 is 0 Å². The number of nitrogens with zero attached hydrogens (tertiary/aromatic N) is 3. The number of aliphatic hydroxyl groups excluding tert-OH is 1. The fourth-order valence-corrected chi connectivity index (χ4v) is 5.80. The number of amides is 3. The van der Waals surface area contributed by atoms with Crippen molar-refractivity contribution in [1.82, 2.24) is 25.0 Å². The van der Waals surface area contributed by atoms with Gasteiger partial charge in [-0.2, -0.15) is 0 Å². The number of pyridine rings is 1. The van der Waals surface area contributed by atoms with Crippen LogP contribution in [0.5, 0.6) is 0 Å². The largest absolute Gasteiger partial charge is 0.396 e. The number of aliphatic hydroxyl groups is 1. The normalized spacial score (nSPS) is 26.1. The number of urea groups is 1. The molecule has 4 heterocycles. The molecule has 0 aromatic carbocycles. The third-order valence-corrected chi connectivity index (χ3v) is 7.41.